The molecule has 0 saturated heterocycles. The van der Waals surface area contributed by atoms with Crippen molar-refractivity contribution in [2.45, 2.75) is 11.4 Å². The topological polar surface area (TPSA) is 68.2 Å². The third-order valence-corrected chi connectivity index (χ3v) is 4.90. The van der Waals surface area contributed by atoms with E-state index in [0.29, 0.717) is 18.1 Å². The first-order chi connectivity index (χ1) is 11.3. The Hall–Kier alpha value is -2.80. The quantitative estimate of drug-likeness (QED) is 0.741. The number of pyridine rings is 1. The van der Waals surface area contributed by atoms with E-state index in [-0.39, 0.29) is 6.01 Å². The molecule has 0 bridgehead atoms. The first-order valence-electron chi connectivity index (χ1n) is 6.99. The lowest BCUT2D eigenvalue weighted by atomic mass is 10.2. The molecule has 23 heavy (non-hydrogen) atoms. The van der Waals surface area contributed by atoms with Crippen molar-refractivity contribution in [1.29, 1.82) is 0 Å². The van der Waals surface area contributed by atoms with Crippen LogP contribution in [0.2, 0.25) is 0 Å². The summed E-state index contributed by atoms with van der Waals surface area (Å²) in [5.41, 5.74) is 1.04. The molecule has 2 aromatic heterocycles. The van der Waals surface area contributed by atoms with Crippen LogP contribution in [0.25, 0.3) is 0 Å². The average Bonchev–Trinajstić information content (AvgIpc) is 2.93. The average molecular weight is 324 g/mol. The van der Waals surface area contributed by atoms with E-state index in [9.17, 15) is 4.21 Å². The van der Waals surface area contributed by atoms with Gasteiger partial charge in [-0.3, -0.25) is 9.29 Å². The van der Waals surface area contributed by atoms with Gasteiger partial charge in [-0.1, -0.05) is 18.2 Å². The third-order valence-electron chi connectivity index (χ3n) is 3.41. The van der Waals surface area contributed by atoms with Gasteiger partial charge < -0.3 is 4.74 Å². The summed E-state index contributed by atoms with van der Waals surface area (Å²) in [6.07, 6.45) is 4.86. The fourth-order valence-corrected chi connectivity index (χ4v) is 3.65. The number of hydrogen-bond donors (Lipinski definition) is 0. The molecule has 0 saturated carbocycles. The van der Waals surface area contributed by atoms with Crippen molar-refractivity contribution in [3.05, 3.63) is 66.6 Å². The third kappa shape index (κ3) is 2.66. The van der Waals surface area contributed by atoms with Crippen LogP contribution in [0.5, 0.6) is 11.8 Å². The molecule has 1 atom stereocenters. The number of aromatic nitrogens is 3. The minimum absolute atomic E-state index is 0.210. The predicted octanol–water partition coefficient (Wildman–Crippen LogP) is 2.71. The molecule has 0 amide bonds. The number of benzene rings is 1. The van der Waals surface area contributed by atoms with Gasteiger partial charge in [0.2, 0.25) is 0 Å². The van der Waals surface area contributed by atoms with E-state index in [4.69, 9.17) is 4.74 Å². The van der Waals surface area contributed by atoms with Crippen molar-refractivity contribution in [3.8, 4) is 11.8 Å². The summed E-state index contributed by atoms with van der Waals surface area (Å²) < 4.78 is 19.9. The molecule has 1 aliphatic rings. The van der Waals surface area contributed by atoms with Gasteiger partial charge in [0.1, 0.15) is 11.6 Å². The molecule has 4 rings (SSSR count). The van der Waals surface area contributed by atoms with Crippen molar-refractivity contribution >= 4 is 16.8 Å². The van der Waals surface area contributed by atoms with E-state index in [0.717, 1.165) is 10.5 Å². The predicted molar refractivity (Wildman–Crippen MR) is 85.4 cm³/mol. The SMILES string of the molecule is O=S1c2ccccc2CN1c1ccnc(Oc2ccncc2)n1. The number of nitrogens with zero attached hydrogens (tertiary/aromatic N) is 4. The van der Waals surface area contributed by atoms with Crippen molar-refractivity contribution < 1.29 is 8.95 Å². The number of fused-ring (bicyclic) bond motifs is 1. The van der Waals surface area contributed by atoms with Gasteiger partial charge in [0, 0.05) is 24.7 Å². The maximum absolute atomic E-state index is 12.6. The zero-order chi connectivity index (χ0) is 15.6. The highest BCUT2D eigenvalue weighted by atomic mass is 32.2. The summed E-state index contributed by atoms with van der Waals surface area (Å²) in [5.74, 6) is 1.17. The summed E-state index contributed by atoms with van der Waals surface area (Å²) >= 11 is 0. The summed E-state index contributed by atoms with van der Waals surface area (Å²) in [4.78, 5) is 13.2. The monoisotopic (exact) mass is 324 g/mol. The van der Waals surface area contributed by atoms with Crippen molar-refractivity contribution in [2.75, 3.05) is 4.31 Å². The fraction of sp³-hybridized carbons (Fsp3) is 0.0625. The molecule has 0 radical (unpaired) electrons. The van der Waals surface area contributed by atoms with Gasteiger partial charge in [0.05, 0.1) is 11.4 Å². The van der Waals surface area contributed by atoms with E-state index < -0.39 is 11.0 Å². The zero-order valence-electron chi connectivity index (χ0n) is 12.0. The highest BCUT2D eigenvalue weighted by Crippen LogP contribution is 2.31. The normalized spacial score (nSPS) is 16.2. The van der Waals surface area contributed by atoms with Gasteiger partial charge in [-0.25, -0.2) is 9.19 Å². The Morgan fingerprint density at radius 1 is 1.04 bits per heavy atom. The molecule has 0 fully saturated rings. The van der Waals surface area contributed by atoms with Gasteiger partial charge in [0.25, 0.3) is 0 Å². The van der Waals surface area contributed by atoms with Crippen LogP contribution in [0.3, 0.4) is 0 Å². The van der Waals surface area contributed by atoms with Gasteiger partial charge in [-0.05, 0) is 23.8 Å². The number of ether oxygens (including phenoxy) is 1. The first kappa shape index (κ1) is 13.8. The van der Waals surface area contributed by atoms with Gasteiger partial charge in [-0.2, -0.15) is 4.98 Å². The zero-order valence-corrected chi connectivity index (χ0v) is 12.8. The van der Waals surface area contributed by atoms with Crippen LogP contribution >= 0.6 is 0 Å². The fourth-order valence-electron chi connectivity index (χ4n) is 2.33. The summed E-state index contributed by atoms with van der Waals surface area (Å²) in [6.45, 7) is 0.550. The van der Waals surface area contributed by atoms with E-state index in [1.807, 2.05) is 24.3 Å². The van der Waals surface area contributed by atoms with Crippen LogP contribution in [-0.4, -0.2) is 19.2 Å². The Morgan fingerprint density at radius 2 is 1.87 bits per heavy atom. The molecule has 114 valence electrons. The van der Waals surface area contributed by atoms with Crippen LogP contribution in [0.15, 0.2) is 66.0 Å². The molecule has 1 aromatic carbocycles. The Kier molecular flexibility index (Phi) is 3.47. The Labute approximate surface area is 135 Å². The molecule has 0 N–H and O–H groups in total. The van der Waals surface area contributed by atoms with Crippen molar-refractivity contribution in [3.63, 3.8) is 0 Å². The summed E-state index contributed by atoms with van der Waals surface area (Å²) in [7, 11) is -1.26. The molecule has 1 unspecified atom stereocenters. The maximum atomic E-state index is 12.6. The van der Waals surface area contributed by atoms with Gasteiger partial charge >= 0.3 is 6.01 Å². The van der Waals surface area contributed by atoms with Crippen LogP contribution in [0.1, 0.15) is 5.56 Å². The molecule has 6 nitrogen and oxygen atoms in total. The number of hydrogen-bond acceptors (Lipinski definition) is 5. The number of rotatable bonds is 3. The number of anilines is 1. The Bertz CT molecular complexity index is 873. The molecule has 0 aliphatic carbocycles. The largest absolute Gasteiger partial charge is 0.424 e. The van der Waals surface area contributed by atoms with E-state index in [1.54, 1.807) is 41.1 Å². The smallest absolute Gasteiger partial charge is 0.323 e. The van der Waals surface area contributed by atoms with Crippen LogP contribution in [-0.2, 0) is 17.5 Å². The van der Waals surface area contributed by atoms with Crippen molar-refractivity contribution in [1.82, 2.24) is 15.0 Å². The molecule has 3 heterocycles. The van der Waals surface area contributed by atoms with Crippen molar-refractivity contribution in [2.24, 2.45) is 0 Å². The second-order valence-corrected chi connectivity index (χ2v) is 6.25. The second-order valence-electron chi connectivity index (χ2n) is 4.88. The molecule has 0 spiro atoms. The lowest BCUT2D eigenvalue weighted by Crippen LogP contribution is -2.19. The summed E-state index contributed by atoms with van der Waals surface area (Å²) in [6, 6.07) is 13.1. The second kappa shape index (κ2) is 5.77. The molecular weight excluding hydrogens is 312 g/mol. The highest BCUT2D eigenvalue weighted by Gasteiger charge is 2.28. The van der Waals surface area contributed by atoms with E-state index in [2.05, 4.69) is 15.0 Å². The standard InChI is InChI=1S/C16H12N4O2S/c21-23-14-4-2-1-3-12(14)11-20(23)15-7-10-18-16(19-15)22-13-5-8-17-9-6-13/h1-10H,11H2. The Morgan fingerprint density at radius 3 is 2.70 bits per heavy atom. The Balaban J connectivity index is 1.62. The van der Waals surface area contributed by atoms with Gasteiger partial charge in [-0.15, -0.1) is 0 Å². The molecule has 3 aromatic rings. The van der Waals surface area contributed by atoms with E-state index in [1.165, 1.54) is 0 Å². The molecule has 1 aliphatic heterocycles. The van der Waals surface area contributed by atoms with Gasteiger partial charge in [0.15, 0.2) is 11.0 Å². The minimum atomic E-state index is -1.26. The molecular formula is C16H12N4O2S. The maximum Gasteiger partial charge on any atom is 0.323 e. The molecule has 7 heteroatoms. The summed E-state index contributed by atoms with van der Waals surface area (Å²) in [5, 5.41) is 0. The lowest BCUT2D eigenvalue weighted by Gasteiger charge is -2.15. The van der Waals surface area contributed by atoms with Crippen LogP contribution < -0.4 is 9.04 Å². The highest BCUT2D eigenvalue weighted by molar-refractivity contribution is 7.86. The van der Waals surface area contributed by atoms with E-state index >= 15 is 0 Å². The first-order valence-corrected chi connectivity index (χ1v) is 8.10. The van der Waals surface area contributed by atoms with Crippen LogP contribution in [0, 0.1) is 0 Å². The minimum Gasteiger partial charge on any atom is -0.424 e. The van der Waals surface area contributed by atoms with Crippen LogP contribution in [0.4, 0.5) is 5.82 Å². The lowest BCUT2D eigenvalue weighted by molar-refractivity contribution is 0.441.